The molecule has 1 aromatic rings. The third-order valence-corrected chi connectivity index (χ3v) is 2.27. The van der Waals surface area contributed by atoms with Gasteiger partial charge >= 0.3 is 6.18 Å². The quantitative estimate of drug-likeness (QED) is 0.814. The number of aliphatic hydroxyl groups excluding tert-OH is 1. The second-order valence-electron chi connectivity index (χ2n) is 3.48. The molecule has 0 aliphatic heterocycles. The number of hydrogen-bond donors (Lipinski definition) is 2. The Balaban J connectivity index is 3.23. The highest BCUT2D eigenvalue weighted by molar-refractivity contribution is 5.33. The van der Waals surface area contributed by atoms with Crippen molar-refractivity contribution in [2.45, 2.75) is 18.1 Å². The molecule has 0 amide bonds. The van der Waals surface area contributed by atoms with Gasteiger partial charge in [0.05, 0.1) is 11.6 Å². The highest BCUT2D eigenvalue weighted by atomic mass is 19.4. The lowest BCUT2D eigenvalue weighted by Gasteiger charge is -2.24. The van der Waals surface area contributed by atoms with Crippen LogP contribution in [0.2, 0.25) is 0 Å². The smallest absolute Gasteiger partial charge is 0.390 e. The summed E-state index contributed by atoms with van der Waals surface area (Å²) in [6.45, 7) is -1.61. The first-order chi connectivity index (χ1) is 7.70. The average Bonchev–Trinajstić information content (AvgIpc) is 2.27. The number of hydrogen-bond acceptors (Lipinski definition) is 2. The standard InChI is InChI=1S/C10H10F5NO/c11-9(12,5-17)8(16)6-3-1-2-4-7(6)10(13,14)15/h1-4,8,17H,5,16H2/t8-/m0/s1. The molecule has 0 heterocycles. The number of aliphatic hydroxyl groups is 1. The molecule has 1 aromatic carbocycles. The highest BCUT2D eigenvalue weighted by Gasteiger charge is 2.42. The van der Waals surface area contributed by atoms with Crippen molar-refractivity contribution in [3.63, 3.8) is 0 Å². The lowest BCUT2D eigenvalue weighted by atomic mass is 9.96. The minimum Gasteiger partial charge on any atom is -0.390 e. The Morgan fingerprint density at radius 1 is 1.12 bits per heavy atom. The molecule has 0 spiro atoms. The zero-order chi connectivity index (χ0) is 13.3. The van der Waals surface area contributed by atoms with Gasteiger partial charge in [0.15, 0.2) is 0 Å². The first kappa shape index (κ1) is 13.9. The van der Waals surface area contributed by atoms with E-state index in [0.717, 1.165) is 12.1 Å². The van der Waals surface area contributed by atoms with E-state index in [2.05, 4.69) is 0 Å². The van der Waals surface area contributed by atoms with Gasteiger partial charge < -0.3 is 10.8 Å². The first-order valence-corrected chi connectivity index (χ1v) is 4.60. The van der Waals surface area contributed by atoms with E-state index in [4.69, 9.17) is 10.8 Å². The molecule has 96 valence electrons. The number of alkyl halides is 5. The average molecular weight is 255 g/mol. The van der Waals surface area contributed by atoms with E-state index < -0.39 is 35.9 Å². The summed E-state index contributed by atoms with van der Waals surface area (Å²) < 4.78 is 63.7. The third-order valence-electron chi connectivity index (χ3n) is 2.27. The van der Waals surface area contributed by atoms with Crippen molar-refractivity contribution in [2.75, 3.05) is 6.61 Å². The van der Waals surface area contributed by atoms with Crippen molar-refractivity contribution < 1.29 is 27.1 Å². The zero-order valence-corrected chi connectivity index (χ0v) is 8.51. The molecule has 0 aromatic heterocycles. The van der Waals surface area contributed by atoms with Crippen LogP contribution in [-0.4, -0.2) is 17.6 Å². The molecule has 2 nitrogen and oxygen atoms in total. The summed E-state index contributed by atoms with van der Waals surface area (Å²) in [5, 5.41) is 8.41. The Labute approximate surface area is 93.9 Å². The summed E-state index contributed by atoms with van der Waals surface area (Å²) in [4.78, 5) is 0. The molecule has 0 saturated heterocycles. The summed E-state index contributed by atoms with van der Waals surface area (Å²) in [5.74, 6) is -3.80. The van der Waals surface area contributed by atoms with Gasteiger partial charge in [-0.15, -0.1) is 0 Å². The van der Waals surface area contributed by atoms with Crippen molar-refractivity contribution in [2.24, 2.45) is 5.73 Å². The molecule has 17 heavy (non-hydrogen) atoms. The Morgan fingerprint density at radius 3 is 2.12 bits per heavy atom. The third kappa shape index (κ3) is 2.92. The normalized spacial score (nSPS) is 14.8. The molecule has 0 aliphatic rings. The molecule has 7 heteroatoms. The van der Waals surface area contributed by atoms with E-state index >= 15 is 0 Å². The first-order valence-electron chi connectivity index (χ1n) is 4.60. The van der Waals surface area contributed by atoms with E-state index in [-0.39, 0.29) is 0 Å². The summed E-state index contributed by atoms with van der Waals surface area (Å²) in [5.41, 5.74) is 3.11. The summed E-state index contributed by atoms with van der Waals surface area (Å²) in [6, 6.07) is 1.60. The van der Waals surface area contributed by atoms with Gasteiger partial charge in [-0.2, -0.15) is 13.2 Å². The number of nitrogens with two attached hydrogens (primary N) is 1. The van der Waals surface area contributed by atoms with Crippen LogP contribution < -0.4 is 5.73 Å². The largest absolute Gasteiger partial charge is 0.416 e. The van der Waals surface area contributed by atoms with E-state index in [0.29, 0.717) is 6.07 Å². The molecule has 0 radical (unpaired) electrons. The fourth-order valence-corrected chi connectivity index (χ4v) is 1.35. The molecule has 0 bridgehead atoms. The maximum atomic E-state index is 13.1. The number of halogens is 5. The maximum Gasteiger partial charge on any atom is 0.416 e. The predicted octanol–water partition coefficient (Wildman–Crippen LogP) is 2.33. The summed E-state index contributed by atoms with van der Waals surface area (Å²) in [6.07, 6.45) is -4.76. The number of benzene rings is 1. The Morgan fingerprint density at radius 2 is 1.65 bits per heavy atom. The molecular weight excluding hydrogens is 245 g/mol. The van der Waals surface area contributed by atoms with Crippen molar-refractivity contribution in [3.8, 4) is 0 Å². The van der Waals surface area contributed by atoms with Crippen LogP contribution in [0, 0.1) is 0 Å². The fourth-order valence-electron chi connectivity index (χ4n) is 1.35. The van der Waals surface area contributed by atoms with Gasteiger partial charge in [-0.3, -0.25) is 0 Å². The molecular formula is C10H10F5NO. The molecule has 0 unspecified atom stereocenters. The topological polar surface area (TPSA) is 46.2 Å². The molecule has 0 saturated carbocycles. The lowest BCUT2D eigenvalue weighted by molar-refractivity contribution is -0.139. The van der Waals surface area contributed by atoms with Crippen LogP contribution in [0.5, 0.6) is 0 Å². The second kappa shape index (κ2) is 4.58. The van der Waals surface area contributed by atoms with Gasteiger partial charge in [0.1, 0.15) is 6.61 Å². The van der Waals surface area contributed by atoms with Crippen LogP contribution in [0.3, 0.4) is 0 Å². The van der Waals surface area contributed by atoms with Crippen LogP contribution in [-0.2, 0) is 6.18 Å². The molecule has 0 aliphatic carbocycles. The van der Waals surface area contributed by atoms with Crippen molar-refractivity contribution >= 4 is 0 Å². The monoisotopic (exact) mass is 255 g/mol. The molecule has 0 fully saturated rings. The molecule has 3 N–H and O–H groups in total. The van der Waals surface area contributed by atoms with E-state index in [1.54, 1.807) is 0 Å². The van der Waals surface area contributed by atoms with Gasteiger partial charge in [-0.1, -0.05) is 18.2 Å². The van der Waals surface area contributed by atoms with Gasteiger partial charge in [0, 0.05) is 0 Å². The van der Waals surface area contributed by atoms with E-state index in [1.165, 1.54) is 6.07 Å². The predicted molar refractivity (Wildman–Crippen MR) is 50.4 cm³/mol. The van der Waals surface area contributed by atoms with Gasteiger partial charge in [0.2, 0.25) is 0 Å². The van der Waals surface area contributed by atoms with Crippen LogP contribution in [0.15, 0.2) is 24.3 Å². The zero-order valence-electron chi connectivity index (χ0n) is 8.51. The lowest BCUT2D eigenvalue weighted by Crippen LogP contribution is -2.37. The van der Waals surface area contributed by atoms with E-state index in [9.17, 15) is 22.0 Å². The van der Waals surface area contributed by atoms with E-state index in [1.807, 2.05) is 0 Å². The Hall–Kier alpha value is -1.21. The minimum atomic E-state index is -4.76. The van der Waals surface area contributed by atoms with Crippen LogP contribution in [0.1, 0.15) is 17.2 Å². The fraction of sp³-hybridized carbons (Fsp3) is 0.400. The molecule has 1 rings (SSSR count). The van der Waals surface area contributed by atoms with Gasteiger partial charge in [-0.05, 0) is 11.6 Å². The van der Waals surface area contributed by atoms with Crippen LogP contribution in [0.4, 0.5) is 22.0 Å². The Bertz CT molecular complexity index is 391. The number of rotatable bonds is 3. The van der Waals surface area contributed by atoms with Crippen molar-refractivity contribution in [1.29, 1.82) is 0 Å². The van der Waals surface area contributed by atoms with Crippen molar-refractivity contribution in [3.05, 3.63) is 35.4 Å². The summed E-state index contributed by atoms with van der Waals surface area (Å²) in [7, 11) is 0. The highest BCUT2D eigenvalue weighted by Crippen LogP contribution is 2.38. The SMILES string of the molecule is N[C@@H](c1ccccc1C(F)(F)F)C(F)(F)CO. The van der Waals surface area contributed by atoms with Crippen molar-refractivity contribution in [1.82, 2.24) is 0 Å². The van der Waals surface area contributed by atoms with Crippen LogP contribution in [0.25, 0.3) is 0 Å². The minimum absolute atomic E-state index is 0.669. The molecule has 1 atom stereocenters. The van der Waals surface area contributed by atoms with Gasteiger partial charge in [-0.25, -0.2) is 8.78 Å². The second-order valence-corrected chi connectivity index (χ2v) is 3.48. The van der Waals surface area contributed by atoms with Crippen LogP contribution >= 0.6 is 0 Å². The van der Waals surface area contributed by atoms with Gasteiger partial charge in [0.25, 0.3) is 5.92 Å². The summed E-state index contributed by atoms with van der Waals surface area (Å²) >= 11 is 0. The maximum absolute atomic E-state index is 13.1. The Kier molecular flexibility index (Phi) is 3.73.